The zero-order chi connectivity index (χ0) is 17.3. The zero-order valence-corrected chi connectivity index (χ0v) is 14.1. The Bertz CT molecular complexity index is 765. The summed E-state index contributed by atoms with van der Waals surface area (Å²) in [5.41, 5.74) is -1.23. The molecule has 2 rings (SSSR count). The monoisotopic (exact) mass is 337 g/mol. The van der Waals surface area contributed by atoms with Gasteiger partial charge in [-0.05, 0) is 37.1 Å². The van der Waals surface area contributed by atoms with Crippen LogP contribution in [0.1, 0.15) is 26.3 Å². The molecule has 2 aromatic rings. The van der Waals surface area contributed by atoms with Gasteiger partial charge in [-0.15, -0.1) is 0 Å². The minimum atomic E-state index is -4.68. The van der Waals surface area contributed by atoms with Crippen molar-refractivity contribution in [1.29, 1.82) is 0 Å². The first-order valence-electron chi connectivity index (χ1n) is 7.18. The minimum absolute atomic E-state index is 0.407. The second kappa shape index (κ2) is 6.42. The molecule has 0 heterocycles. The first-order valence-corrected chi connectivity index (χ1v) is 8.79. The Labute approximate surface area is 134 Å². The fraction of sp³-hybridized carbons (Fsp3) is 0.312. The number of hydrogen-bond donors (Lipinski definition) is 3. The van der Waals surface area contributed by atoms with Crippen LogP contribution in [-0.2, 0) is 19.6 Å². The summed E-state index contributed by atoms with van der Waals surface area (Å²) in [7, 11) is -4.68. The van der Waals surface area contributed by atoms with E-state index in [1.807, 2.05) is 18.2 Å². The number of fused-ring (bicyclic) bond motifs is 1. The molecule has 2 aromatic carbocycles. The third-order valence-electron chi connectivity index (χ3n) is 3.45. The fourth-order valence-corrected chi connectivity index (χ4v) is 3.29. The van der Waals surface area contributed by atoms with Crippen LogP contribution in [0, 0.1) is 0 Å². The first-order chi connectivity index (χ1) is 10.6. The number of ether oxygens (including phenoxy) is 1. The van der Waals surface area contributed by atoms with Crippen LogP contribution in [0.5, 0.6) is 0 Å². The average molecular weight is 337 g/mol. The number of benzene rings is 2. The summed E-state index contributed by atoms with van der Waals surface area (Å²) in [6.07, 6.45) is -0.407. The van der Waals surface area contributed by atoms with Crippen molar-refractivity contribution in [2.45, 2.75) is 32.4 Å². The van der Waals surface area contributed by atoms with E-state index < -0.39 is 25.4 Å². The Kier molecular flexibility index (Phi) is 4.92. The second-order valence-electron chi connectivity index (χ2n) is 5.76. The van der Waals surface area contributed by atoms with E-state index in [4.69, 9.17) is 4.74 Å². The highest BCUT2D eigenvalue weighted by Gasteiger charge is 2.43. The molecule has 0 aliphatic carbocycles. The quantitative estimate of drug-likeness (QED) is 0.573. The van der Waals surface area contributed by atoms with Gasteiger partial charge in [0.2, 0.25) is 0 Å². The fourth-order valence-electron chi connectivity index (χ4n) is 2.50. The van der Waals surface area contributed by atoms with Crippen LogP contribution in [0.4, 0.5) is 0 Å². The predicted octanol–water partition coefficient (Wildman–Crippen LogP) is 2.69. The summed E-state index contributed by atoms with van der Waals surface area (Å²) < 4.78 is 16.7. The van der Waals surface area contributed by atoms with Crippen molar-refractivity contribution < 1.29 is 23.9 Å². The molecule has 0 fully saturated rings. The summed E-state index contributed by atoms with van der Waals surface area (Å²) in [6, 6.07) is 12.6. The molecule has 0 saturated heterocycles. The maximum Gasteiger partial charge on any atom is 0.401 e. The molecule has 3 N–H and O–H groups in total. The van der Waals surface area contributed by atoms with Gasteiger partial charge in [-0.2, -0.15) is 0 Å². The summed E-state index contributed by atoms with van der Waals surface area (Å²) in [6.45, 7) is 4.77. The first kappa shape index (κ1) is 17.6. The molecule has 0 aromatic heterocycles. The van der Waals surface area contributed by atoms with Gasteiger partial charge in [0, 0.05) is 0 Å². The van der Waals surface area contributed by atoms with Gasteiger partial charge < -0.3 is 14.5 Å². The summed E-state index contributed by atoms with van der Waals surface area (Å²) >= 11 is 0. The second-order valence-corrected chi connectivity index (χ2v) is 7.07. The number of nitrogens with one attached hydrogen (secondary N) is 1. The van der Waals surface area contributed by atoms with E-state index in [1.165, 1.54) is 6.92 Å². The molecule has 0 aliphatic heterocycles. The third-order valence-corrected chi connectivity index (χ3v) is 4.19. The molecule has 0 bridgehead atoms. The number of rotatable bonds is 5. The number of carbonyl (C=O) groups excluding carboxylic acids is 1. The lowest BCUT2D eigenvalue weighted by Gasteiger charge is -2.31. The Morgan fingerprint density at radius 3 is 2.39 bits per heavy atom. The van der Waals surface area contributed by atoms with Crippen molar-refractivity contribution in [3.8, 4) is 0 Å². The highest BCUT2D eigenvalue weighted by atomic mass is 31.2. The van der Waals surface area contributed by atoms with Crippen molar-refractivity contribution in [3.05, 3.63) is 48.0 Å². The molecule has 7 heteroatoms. The zero-order valence-electron chi connectivity index (χ0n) is 13.2. The molecule has 0 unspecified atom stereocenters. The largest absolute Gasteiger partial charge is 0.461 e. The lowest BCUT2D eigenvalue weighted by molar-refractivity contribution is -0.154. The van der Waals surface area contributed by atoms with Crippen molar-refractivity contribution in [3.63, 3.8) is 0 Å². The van der Waals surface area contributed by atoms with Crippen LogP contribution in [0.25, 0.3) is 10.8 Å². The molecule has 0 radical (unpaired) electrons. The van der Waals surface area contributed by atoms with Gasteiger partial charge in [0.25, 0.3) is 0 Å². The highest BCUT2D eigenvalue weighted by Crippen LogP contribution is 2.39. The maximum atomic E-state index is 12.6. The van der Waals surface area contributed by atoms with Crippen LogP contribution >= 0.6 is 7.75 Å². The van der Waals surface area contributed by atoms with Gasteiger partial charge in [-0.3, -0.25) is 0 Å². The van der Waals surface area contributed by atoms with Crippen molar-refractivity contribution >= 4 is 24.5 Å². The lowest BCUT2D eigenvalue weighted by atomic mass is 9.88. The maximum absolute atomic E-state index is 12.6. The summed E-state index contributed by atoms with van der Waals surface area (Å²) in [5.74, 6) is -0.743. The Balaban J connectivity index is 2.65. The van der Waals surface area contributed by atoms with Gasteiger partial charge in [0.1, 0.15) is 5.54 Å². The molecular formula is C16H20NO5P. The molecular weight excluding hydrogens is 317 g/mol. The van der Waals surface area contributed by atoms with E-state index in [0.29, 0.717) is 5.56 Å². The normalized spacial score (nSPS) is 14.7. The summed E-state index contributed by atoms with van der Waals surface area (Å²) in [4.78, 5) is 31.3. The molecule has 0 aliphatic rings. The van der Waals surface area contributed by atoms with Gasteiger partial charge >= 0.3 is 13.7 Å². The number of hydrogen-bond acceptors (Lipinski definition) is 3. The molecule has 1 atom stereocenters. The average Bonchev–Trinajstić information content (AvgIpc) is 2.44. The SMILES string of the molecule is CC(C)OC(=O)[C@@](C)(NP(=O)(O)O)c1cccc2ccccc12. The van der Waals surface area contributed by atoms with E-state index in [9.17, 15) is 19.1 Å². The molecule has 0 amide bonds. The molecule has 23 heavy (non-hydrogen) atoms. The van der Waals surface area contributed by atoms with Crippen molar-refractivity contribution in [1.82, 2.24) is 5.09 Å². The van der Waals surface area contributed by atoms with E-state index in [2.05, 4.69) is 5.09 Å². The van der Waals surface area contributed by atoms with E-state index in [0.717, 1.165) is 10.8 Å². The van der Waals surface area contributed by atoms with Gasteiger partial charge in [0.05, 0.1) is 6.10 Å². The summed E-state index contributed by atoms with van der Waals surface area (Å²) in [5, 5.41) is 3.72. The van der Waals surface area contributed by atoms with Crippen LogP contribution in [0.3, 0.4) is 0 Å². The lowest BCUT2D eigenvalue weighted by Crippen LogP contribution is -2.46. The third kappa shape index (κ3) is 3.98. The van der Waals surface area contributed by atoms with Crippen molar-refractivity contribution in [2.24, 2.45) is 0 Å². The highest BCUT2D eigenvalue weighted by molar-refractivity contribution is 7.49. The van der Waals surface area contributed by atoms with Crippen LogP contribution < -0.4 is 5.09 Å². The van der Waals surface area contributed by atoms with E-state index >= 15 is 0 Å². The predicted molar refractivity (Wildman–Crippen MR) is 87.7 cm³/mol. The van der Waals surface area contributed by atoms with Crippen LogP contribution in [0.15, 0.2) is 42.5 Å². The van der Waals surface area contributed by atoms with Crippen LogP contribution in [-0.4, -0.2) is 21.9 Å². The minimum Gasteiger partial charge on any atom is -0.461 e. The van der Waals surface area contributed by atoms with Gasteiger partial charge in [-0.1, -0.05) is 42.5 Å². The van der Waals surface area contributed by atoms with E-state index in [-0.39, 0.29) is 0 Å². The van der Waals surface area contributed by atoms with Crippen molar-refractivity contribution in [2.75, 3.05) is 0 Å². The molecule has 124 valence electrons. The molecule has 6 nitrogen and oxygen atoms in total. The standard InChI is InChI=1S/C16H20NO5P/c1-11(2)22-15(18)16(3,17-23(19,20)21)14-10-6-8-12-7-4-5-9-13(12)14/h4-11H,1-3H3,(H3,17,19,20,21)/t16-/m0/s1. The van der Waals surface area contributed by atoms with Gasteiger partial charge in [-0.25, -0.2) is 14.4 Å². The smallest absolute Gasteiger partial charge is 0.401 e. The number of carbonyl (C=O) groups is 1. The molecule has 0 spiro atoms. The Morgan fingerprint density at radius 2 is 1.78 bits per heavy atom. The van der Waals surface area contributed by atoms with E-state index in [1.54, 1.807) is 38.1 Å². The Morgan fingerprint density at radius 1 is 1.17 bits per heavy atom. The van der Waals surface area contributed by atoms with Gasteiger partial charge in [0.15, 0.2) is 0 Å². The van der Waals surface area contributed by atoms with Crippen LogP contribution in [0.2, 0.25) is 0 Å². The number of esters is 1. The Hall–Kier alpha value is -1.72. The molecule has 0 saturated carbocycles. The topological polar surface area (TPSA) is 95.9 Å².